The van der Waals surface area contributed by atoms with Gasteiger partial charge in [0.15, 0.2) is 0 Å². The summed E-state index contributed by atoms with van der Waals surface area (Å²) in [7, 11) is 0. The van der Waals surface area contributed by atoms with Gasteiger partial charge in [0.05, 0.1) is 5.41 Å². The first-order valence-corrected chi connectivity index (χ1v) is 12.1. The van der Waals surface area contributed by atoms with E-state index in [1.165, 1.54) is 20.9 Å². The van der Waals surface area contributed by atoms with Gasteiger partial charge in [-0.25, -0.2) is 0 Å². The highest BCUT2D eigenvalue weighted by Crippen LogP contribution is 2.43. The summed E-state index contributed by atoms with van der Waals surface area (Å²) in [6, 6.07) is 29.7. The van der Waals surface area contributed by atoms with Crippen molar-refractivity contribution in [1.82, 2.24) is 4.90 Å². The number of halogens is 1. The summed E-state index contributed by atoms with van der Waals surface area (Å²) in [5, 5.41) is 0. The molecule has 1 saturated heterocycles. The van der Waals surface area contributed by atoms with Crippen LogP contribution in [0.2, 0.25) is 0 Å². The van der Waals surface area contributed by atoms with Crippen molar-refractivity contribution >= 4 is 34.5 Å². The van der Waals surface area contributed by atoms with E-state index in [9.17, 15) is 4.79 Å². The molecule has 1 aliphatic rings. The number of carbonyl (C=O) groups excluding carboxylic acids is 1. The molecule has 0 spiro atoms. The van der Waals surface area contributed by atoms with E-state index in [0.29, 0.717) is 12.2 Å². The molecule has 0 atom stereocenters. The Labute approximate surface area is 207 Å². The zero-order valence-corrected chi connectivity index (χ0v) is 21.2. The fraction of sp³-hybridized carbons (Fsp3) is 0.321. The SMILES string of the molecule is Br.CCC(=O)C1(c2ccccc2Sc2ccccc2)CCN(CCc2ccccc2)CC1. The number of benzene rings is 3. The molecule has 0 saturated carbocycles. The van der Waals surface area contributed by atoms with Gasteiger partial charge in [0.25, 0.3) is 0 Å². The van der Waals surface area contributed by atoms with Crippen molar-refractivity contribution in [1.29, 1.82) is 0 Å². The van der Waals surface area contributed by atoms with Gasteiger partial charge in [-0.15, -0.1) is 17.0 Å². The monoisotopic (exact) mass is 509 g/mol. The van der Waals surface area contributed by atoms with Crippen molar-refractivity contribution in [2.24, 2.45) is 0 Å². The van der Waals surface area contributed by atoms with E-state index in [0.717, 1.165) is 38.9 Å². The molecule has 4 rings (SSSR count). The first-order chi connectivity index (χ1) is 15.2. The van der Waals surface area contributed by atoms with E-state index in [1.54, 1.807) is 11.8 Å². The maximum absolute atomic E-state index is 13.4. The zero-order valence-electron chi connectivity index (χ0n) is 18.7. The lowest BCUT2D eigenvalue weighted by Gasteiger charge is -2.42. The lowest BCUT2D eigenvalue weighted by molar-refractivity contribution is -0.126. The average Bonchev–Trinajstić information content (AvgIpc) is 2.84. The van der Waals surface area contributed by atoms with Crippen molar-refractivity contribution < 1.29 is 4.79 Å². The van der Waals surface area contributed by atoms with Crippen LogP contribution in [0.4, 0.5) is 0 Å². The Morgan fingerprint density at radius 3 is 2.12 bits per heavy atom. The van der Waals surface area contributed by atoms with Crippen molar-refractivity contribution in [2.45, 2.75) is 47.8 Å². The van der Waals surface area contributed by atoms with E-state index in [2.05, 4.69) is 83.8 Å². The molecule has 0 radical (unpaired) electrons. The number of Topliss-reactive ketones (excluding diaryl/α,β-unsaturated/α-hetero) is 1. The van der Waals surface area contributed by atoms with Crippen LogP contribution < -0.4 is 0 Å². The Morgan fingerprint density at radius 2 is 1.47 bits per heavy atom. The minimum atomic E-state index is -0.365. The molecule has 1 aliphatic heterocycles. The highest BCUT2D eigenvalue weighted by molar-refractivity contribution is 8.93. The topological polar surface area (TPSA) is 20.3 Å². The number of hydrogen-bond donors (Lipinski definition) is 0. The summed E-state index contributed by atoms with van der Waals surface area (Å²) < 4.78 is 0. The second-order valence-corrected chi connectivity index (χ2v) is 9.46. The maximum atomic E-state index is 13.4. The summed E-state index contributed by atoms with van der Waals surface area (Å²) in [6.07, 6.45) is 3.46. The highest BCUT2D eigenvalue weighted by Gasteiger charge is 2.42. The largest absolute Gasteiger partial charge is 0.303 e. The highest BCUT2D eigenvalue weighted by atomic mass is 79.9. The van der Waals surface area contributed by atoms with Gasteiger partial charge in [0, 0.05) is 22.8 Å². The van der Waals surface area contributed by atoms with Crippen LogP contribution in [0, 0.1) is 0 Å². The summed E-state index contributed by atoms with van der Waals surface area (Å²) >= 11 is 1.78. The average molecular weight is 511 g/mol. The molecule has 0 aliphatic carbocycles. The van der Waals surface area contributed by atoms with Gasteiger partial charge < -0.3 is 4.90 Å². The summed E-state index contributed by atoms with van der Waals surface area (Å²) in [5.74, 6) is 0.385. The molecule has 168 valence electrons. The molecular weight excluding hydrogens is 478 g/mol. The molecule has 0 amide bonds. The fourth-order valence-corrected chi connectivity index (χ4v) is 5.76. The Kier molecular flexibility index (Phi) is 9.15. The van der Waals surface area contributed by atoms with E-state index in [-0.39, 0.29) is 22.4 Å². The van der Waals surface area contributed by atoms with Gasteiger partial charge in [0.2, 0.25) is 0 Å². The molecule has 1 fully saturated rings. The summed E-state index contributed by atoms with van der Waals surface area (Å²) in [4.78, 5) is 18.3. The maximum Gasteiger partial charge on any atom is 0.143 e. The van der Waals surface area contributed by atoms with Gasteiger partial charge in [-0.3, -0.25) is 4.79 Å². The number of likely N-dealkylation sites (tertiary alicyclic amines) is 1. The molecule has 1 heterocycles. The van der Waals surface area contributed by atoms with Gasteiger partial charge >= 0.3 is 0 Å². The van der Waals surface area contributed by atoms with Gasteiger partial charge in [-0.2, -0.15) is 0 Å². The molecular formula is C28H32BrNOS. The first kappa shape index (κ1) is 24.8. The van der Waals surface area contributed by atoms with Gasteiger partial charge in [0.1, 0.15) is 5.78 Å². The molecule has 3 aromatic rings. The van der Waals surface area contributed by atoms with Crippen LogP contribution >= 0.6 is 28.7 Å². The van der Waals surface area contributed by atoms with Crippen LogP contribution in [-0.4, -0.2) is 30.3 Å². The second kappa shape index (κ2) is 11.8. The van der Waals surface area contributed by atoms with E-state index < -0.39 is 0 Å². The standard InChI is InChI=1S/C28H31NOS.BrH/c1-2-27(30)28(18-21-29(22-19-28)20-17-23-11-5-3-6-12-23)25-15-9-10-16-26(25)31-24-13-7-4-8-14-24;/h3-16H,2,17-22H2,1H3;1H. The predicted molar refractivity (Wildman–Crippen MR) is 140 cm³/mol. The molecule has 32 heavy (non-hydrogen) atoms. The molecule has 4 heteroatoms. The van der Waals surface area contributed by atoms with Crippen LogP contribution in [0.25, 0.3) is 0 Å². The Hall–Kier alpha value is -1.88. The Morgan fingerprint density at radius 1 is 0.875 bits per heavy atom. The summed E-state index contributed by atoms with van der Waals surface area (Å²) in [5.41, 5.74) is 2.24. The van der Waals surface area contributed by atoms with E-state index in [4.69, 9.17) is 0 Å². The van der Waals surface area contributed by atoms with Gasteiger partial charge in [-0.05, 0) is 61.7 Å². The number of rotatable bonds is 8. The third-order valence-electron chi connectivity index (χ3n) is 6.50. The number of hydrogen-bond acceptors (Lipinski definition) is 3. The number of nitrogens with zero attached hydrogens (tertiary/aromatic N) is 1. The van der Waals surface area contributed by atoms with Crippen LogP contribution in [-0.2, 0) is 16.6 Å². The second-order valence-electron chi connectivity index (χ2n) is 8.35. The number of piperidine rings is 1. The molecule has 3 aromatic carbocycles. The van der Waals surface area contributed by atoms with Crippen molar-refractivity contribution in [3.05, 3.63) is 96.1 Å². The molecule has 2 nitrogen and oxygen atoms in total. The third kappa shape index (κ3) is 5.72. The lowest BCUT2D eigenvalue weighted by Crippen LogP contribution is -2.47. The smallest absolute Gasteiger partial charge is 0.143 e. The Bertz CT molecular complexity index is 985. The third-order valence-corrected chi connectivity index (χ3v) is 7.58. The molecule has 0 N–H and O–H groups in total. The fourth-order valence-electron chi connectivity index (χ4n) is 4.69. The summed E-state index contributed by atoms with van der Waals surface area (Å²) in [6.45, 7) is 5.02. The van der Waals surface area contributed by atoms with Gasteiger partial charge in [-0.1, -0.05) is 85.4 Å². The quantitative estimate of drug-likeness (QED) is 0.326. The normalized spacial score (nSPS) is 15.7. The van der Waals surface area contributed by atoms with Crippen molar-refractivity contribution in [3.63, 3.8) is 0 Å². The van der Waals surface area contributed by atoms with Crippen LogP contribution in [0.3, 0.4) is 0 Å². The van der Waals surface area contributed by atoms with Crippen molar-refractivity contribution in [2.75, 3.05) is 19.6 Å². The molecule has 0 bridgehead atoms. The minimum absolute atomic E-state index is 0. The molecule has 0 aromatic heterocycles. The predicted octanol–water partition coefficient (Wildman–Crippen LogP) is 6.97. The van der Waals surface area contributed by atoms with Crippen LogP contribution in [0.5, 0.6) is 0 Å². The minimum Gasteiger partial charge on any atom is -0.303 e. The van der Waals surface area contributed by atoms with E-state index >= 15 is 0 Å². The number of ketones is 1. The van der Waals surface area contributed by atoms with Crippen LogP contribution in [0.1, 0.15) is 37.3 Å². The zero-order chi connectivity index (χ0) is 21.5. The number of carbonyl (C=O) groups is 1. The lowest BCUT2D eigenvalue weighted by atomic mass is 9.69. The van der Waals surface area contributed by atoms with E-state index in [1.807, 2.05) is 13.0 Å². The Balaban J connectivity index is 0.00000289. The molecule has 0 unspecified atom stereocenters. The van der Waals surface area contributed by atoms with Crippen molar-refractivity contribution in [3.8, 4) is 0 Å². The van der Waals surface area contributed by atoms with Crippen LogP contribution in [0.15, 0.2) is 94.7 Å². The first-order valence-electron chi connectivity index (χ1n) is 11.3.